The fourth-order valence-electron chi connectivity index (χ4n) is 3.04. The number of nitrogens with zero attached hydrogens (tertiary/aromatic N) is 4. The molecule has 1 N–H and O–H groups in total. The third-order valence-corrected chi connectivity index (χ3v) is 4.66. The largest absolute Gasteiger partial charge is 0.356 e. The van der Waals surface area contributed by atoms with Crippen molar-refractivity contribution in [1.29, 1.82) is 0 Å². The first kappa shape index (κ1) is 16.5. The zero-order valence-corrected chi connectivity index (χ0v) is 14.1. The molecule has 24 heavy (non-hydrogen) atoms. The molecule has 130 valence electrons. The number of imide groups is 1. The van der Waals surface area contributed by atoms with Crippen LogP contribution >= 0.6 is 0 Å². The summed E-state index contributed by atoms with van der Waals surface area (Å²) in [4.78, 5) is 38.0. The molecular formula is C16H23N5O3. The number of nitrogens with one attached hydrogen (secondary N) is 1. The van der Waals surface area contributed by atoms with E-state index in [1.54, 1.807) is 7.05 Å². The van der Waals surface area contributed by atoms with E-state index in [2.05, 4.69) is 16.5 Å². The molecule has 3 rings (SSSR count). The summed E-state index contributed by atoms with van der Waals surface area (Å²) in [7, 11) is 2.97. The fourth-order valence-corrected chi connectivity index (χ4v) is 3.04. The van der Waals surface area contributed by atoms with Gasteiger partial charge in [0.25, 0.3) is 5.91 Å². The Kier molecular flexibility index (Phi) is 4.55. The summed E-state index contributed by atoms with van der Waals surface area (Å²) in [6, 6.07) is 0.991. The Morgan fingerprint density at radius 2 is 2.08 bits per heavy atom. The van der Waals surface area contributed by atoms with Gasteiger partial charge in [-0.2, -0.15) is 5.10 Å². The lowest BCUT2D eigenvalue weighted by atomic mass is 10.2. The molecular weight excluding hydrogens is 310 g/mol. The molecule has 0 aromatic carbocycles. The van der Waals surface area contributed by atoms with Crippen molar-refractivity contribution in [3.8, 4) is 0 Å². The maximum Gasteiger partial charge on any atom is 0.326 e. The normalized spacial score (nSPS) is 20.8. The minimum Gasteiger partial charge on any atom is -0.356 e. The molecule has 1 saturated heterocycles. The summed E-state index contributed by atoms with van der Waals surface area (Å²) < 4.78 is 2.01. The highest BCUT2D eigenvalue weighted by Crippen LogP contribution is 2.39. The quantitative estimate of drug-likeness (QED) is 0.583. The highest BCUT2D eigenvalue weighted by molar-refractivity contribution is 6.05. The smallest absolute Gasteiger partial charge is 0.326 e. The van der Waals surface area contributed by atoms with E-state index in [0.717, 1.165) is 17.9 Å². The third kappa shape index (κ3) is 3.27. The Morgan fingerprint density at radius 1 is 1.33 bits per heavy atom. The van der Waals surface area contributed by atoms with E-state index in [1.165, 1.54) is 30.5 Å². The van der Waals surface area contributed by atoms with Gasteiger partial charge in [-0.05, 0) is 25.3 Å². The molecule has 0 bridgehead atoms. The Bertz CT molecular complexity index is 652. The molecule has 1 aliphatic carbocycles. The van der Waals surface area contributed by atoms with Crippen LogP contribution in [0.4, 0.5) is 4.79 Å². The molecule has 1 saturated carbocycles. The van der Waals surface area contributed by atoms with Crippen molar-refractivity contribution in [3.05, 3.63) is 18.0 Å². The van der Waals surface area contributed by atoms with Gasteiger partial charge in [0.05, 0.1) is 6.42 Å². The second kappa shape index (κ2) is 6.62. The first-order valence-electron chi connectivity index (χ1n) is 8.32. The van der Waals surface area contributed by atoms with Gasteiger partial charge in [-0.3, -0.25) is 19.2 Å². The number of hydrogen-bond donors (Lipinski definition) is 1. The van der Waals surface area contributed by atoms with Crippen LogP contribution in [0.15, 0.2) is 12.3 Å². The van der Waals surface area contributed by atoms with Crippen molar-refractivity contribution in [2.75, 3.05) is 20.6 Å². The number of urea groups is 1. The highest BCUT2D eigenvalue weighted by atomic mass is 16.2. The molecule has 8 heteroatoms. The summed E-state index contributed by atoms with van der Waals surface area (Å²) in [5.41, 5.74) is 1.28. The maximum absolute atomic E-state index is 12.0. The predicted octanol–water partition coefficient (Wildman–Crippen LogP) is 0.549. The van der Waals surface area contributed by atoms with Gasteiger partial charge < -0.3 is 10.2 Å². The van der Waals surface area contributed by atoms with Gasteiger partial charge in [-0.25, -0.2) is 4.79 Å². The average molecular weight is 333 g/mol. The summed E-state index contributed by atoms with van der Waals surface area (Å²) in [6.45, 7) is 1.29. The number of likely N-dealkylation sites (N-methyl/N-ethyl adjacent to an activating group) is 2. The monoisotopic (exact) mass is 333 g/mol. The first-order valence-corrected chi connectivity index (χ1v) is 8.32. The zero-order valence-electron chi connectivity index (χ0n) is 14.1. The van der Waals surface area contributed by atoms with Gasteiger partial charge in [0, 0.05) is 45.0 Å². The Morgan fingerprint density at radius 3 is 2.71 bits per heavy atom. The molecule has 4 amide bonds. The van der Waals surface area contributed by atoms with Gasteiger partial charge in [0.15, 0.2) is 0 Å². The van der Waals surface area contributed by atoms with Crippen LogP contribution in [-0.2, 0) is 16.1 Å². The SMILES string of the molecule is CN1C(=O)[C@H](CC(=O)NCCCn2nccc2C2CC2)N(C)C1=O. The number of carbonyl (C=O) groups excluding carboxylic acids is 3. The van der Waals surface area contributed by atoms with E-state index in [-0.39, 0.29) is 24.3 Å². The molecule has 1 aromatic heterocycles. The van der Waals surface area contributed by atoms with Gasteiger partial charge >= 0.3 is 6.03 Å². The summed E-state index contributed by atoms with van der Waals surface area (Å²) in [5, 5.41) is 7.14. The second-order valence-electron chi connectivity index (χ2n) is 6.47. The topological polar surface area (TPSA) is 87.5 Å². The van der Waals surface area contributed by atoms with Gasteiger partial charge in [0.2, 0.25) is 5.91 Å². The van der Waals surface area contributed by atoms with E-state index in [4.69, 9.17) is 0 Å². The second-order valence-corrected chi connectivity index (χ2v) is 6.47. The van der Waals surface area contributed by atoms with E-state index in [0.29, 0.717) is 12.5 Å². The fraction of sp³-hybridized carbons (Fsp3) is 0.625. The van der Waals surface area contributed by atoms with E-state index >= 15 is 0 Å². The molecule has 2 heterocycles. The number of rotatable bonds is 7. The summed E-state index contributed by atoms with van der Waals surface area (Å²) in [5.74, 6) is 0.106. The lowest BCUT2D eigenvalue weighted by molar-refractivity contribution is -0.131. The lowest BCUT2D eigenvalue weighted by Crippen LogP contribution is -2.37. The van der Waals surface area contributed by atoms with E-state index in [9.17, 15) is 14.4 Å². The number of carbonyl (C=O) groups is 3. The molecule has 1 aliphatic heterocycles. The Balaban J connectivity index is 1.40. The Hall–Kier alpha value is -2.38. The third-order valence-electron chi connectivity index (χ3n) is 4.66. The molecule has 2 fully saturated rings. The van der Waals surface area contributed by atoms with Crippen LogP contribution in [0.2, 0.25) is 0 Å². The minimum absolute atomic E-state index is 0.000503. The van der Waals surface area contributed by atoms with Crippen molar-refractivity contribution in [2.24, 2.45) is 0 Å². The van der Waals surface area contributed by atoms with Crippen molar-refractivity contribution in [2.45, 2.75) is 44.2 Å². The van der Waals surface area contributed by atoms with Gasteiger partial charge in [-0.1, -0.05) is 0 Å². The van der Waals surface area contributed by atoms with Crippen molar-refractivity contribution >= 4 is 17.8 Å². The highest BCUT2D eigenvalue weighted by Gasteiger charge is 2.41. The first-order chi connectivity index (χ1) is 11.5. The lowest BCUT2D eigenvalue weighted by Gasteiger charge is -2.15. The zero-order chi connectivity index (χ0) is 17.3. The van der Waals surface area contributed by atoms with E-state index in [1.807, 2.05) is 10.9 Å². The van der Waals surface area contributed by atoms with Crippen LogP contribution in [0, 0.1) is 0 Å². The van der Waals surface area contributed by atoms with Crippen LogP contribution in [0.1, 0.15) is 37.3 Å². The summed E-state index contributed by atoms with van der Waals surface area (Å²) in [6.07, 6.45) is 5.07. The molecule has 0 spiro atoms. The molecule has 1 aromatic rings. The van der Waals surface area contributed by atoms with Crippen LogP contribution in [0.5, 0.6) is 0 Å². The van der Waals surface area contributed by atoms with Crippen LogP contribution in [0.25, 0.3) is 0 Å². The molecule has 1 atom stereocenters. The van der Waals surface area contributed by atoms with Crippen LogP contribution in [-0.4, -0.2) is 64.1 Å². The van der Waals surface area contributed by atoms with Crippen molar-refractivity contribution < 1.29 is 14.4 Å². The molecule has 0 radical (unpaired) electrons. The minimum atomic E-state index is -0.699. The molecule has 8 nitrogen and oxygen atoms in total. The average Bonchev–Trinajstić information content (AvgIpc) is 3.28. The van der Waals surface area contributed by atoms with Crippen molar-refractivity contribution in [3.63, 3.8) is 0 Å². The molecule has 2 aliphatic rings. The number of amides is 4. The van der Waals surface area contributed by atoms with Gasteiger partial charge in [-0.15, -0.1) is 0 Å². The van der Waals surface area contributed by atoms with Crippen LogP contribution in [0.3, 0.4) is 0 Å². The standard InChI is InChI=1S/C16H23N5O3/c1-19-13(15(23)20(2)16(19)24)10-14(22)17-7-3-9-21-12(6-8-18-21)11-4-5-11/h6,8,11,13H,3-5,7,9-10H2,1-2H3,(H,17,22)/t13-/m0/s1. The number of aromatic nitrogens is 2. The Labute approximate surface area is 140 Å². The van der Waals surface area contributed by atoms with E-state index < -0.39 is 6.04 Å². The van der Waals surface area contributed by atoms with Crippen LogP contribution < -0.4 is 5.32 Å². The van der Waals surface area contributed by atoms with Crippen molar-refractivity contribution in [1.82, 2.24) is 24.9 Å². The number of aryl methyl sites for hydroxylation is 1. The number of hydrogen-bond acceptors (Lipinski definition) is 4. The summed E-state index contributed by atoms with van der Waals surface area (Å²) >= 11 is 0. The maximum atomic E-state index is 12.0. The predicted molar refractivity (Wildman–Crippen MR) is 86.2 cm³/mol. The van der Waals surface area contributed by atoms with Gasteiger partial charge in [0.1, 0.15) is 6.04 Å². The molecule has 0 unspecified atom stereocenters.